The Morgan fingerprint density at radius 2 is 1.63 bits per heavy atom. The van der Waals surface area contributed by atoms with Crippen LogP contribution in [0.3, 0.4) is 0 Å². The number of aryl methyl sites for hydroxylation is 2. The fourth-order valence-electron chi connectivity index (χ4n) is 3.11. The number of anilines is 1. The van der Waals surface area contributed by atoms with Crippen LogP contribution in [0.2, 0.25) is 0 Å². The summed E-state index contributed by atoms with van der Waals surface area (Å²) >= 11 is 0. The highest BCUT2D eigenvalue weighted by Gasteiger charge is 2.32. The second-order valence-corrected chi connectivity index (χ2v) is 8.77. The van der Waals surface area contributed by atoms with Crippen LogP contribution in [-0.2, 0) is 21.2 Å². The first kappa shape index (κ1) is 21.6. The highest BCUT2D eigenvalue weighted by Crippen LogP contribution is 2.29. The summed E-state index contributed by atoms with van der Waals surface area (Å²) in [5.41, 5.74) is 3.02. The van der Waals surface area contributed by atoms with Crippen molar-refractivity contribution in [1.82, 2.24) is 0 Å². The first-order valence-electron chi connectivity index (χ1n) is 9.75. The summed E-state index contributed by atoms with van der Waals surface area (Å²) in [6.07, 6.45) is 0.835. The van der Waals surface area contributed by atoms with Crippen LogP contribution in [-0.4, -0.2) is 20.9 Å². The van der Waals surface area contributed by atoms with Gasteiger partial charge in [-0.25, -0.2) is 8.42 Å². The molecule has 6 heteroatoms. The monoisotopic (exact) mass is 423 g/mol. The molecular formula is C24H25NO4S. The second kappa shape index (κ2) is 9.13. The number of sulfonamides is 1. The molecule has 156 valence electrons. The molecule has 0 aliphatic rings. The number of carbonyl (C=O) groups excluding carboxylic acids is 1. The van der Waals surface area contributed by atoms with Crippen LogP contribution in [0.25, 0.3) is 0 Å². The van der Waals surface area contributed by atoms with Gasteiger partial charge in [0.1, 0.15) is 5.75 Å². The Bertz CT molecular complexity index is 1140. The lowest BCUT2D eigenvalue weighted by atomic mass is 10.1. The normalized spacial score (nSPS) is 11.2. The summed E-state index contributed by atoms with van der Waals surface area (Å²) in [6, 6.07) is 20.6. The lowest BCUT2D eigenvalue weighted by molar-refractivity contribution is -0.119. The van der Waals surface area contributed by atoms with Crippen molar-refractivity contribution in [1.29, 1.82) is 0 Å². The van der Waals surface area contributed by atoms with E-state index in [9.17, 15) is 13.2 Å². The highest BCUT2D eigenvalue weighted by molar-refractivity contribution is 7.93. The van der Waals surface area contributed by atoms with E-state index < -0.39 is 22.5 Å². The minimum atomic E-state index is -4.11. The van der Waals surface area contributed by atoms with Gasteiger partial charge in [-0.05, 0) is 67.3 Å². The van der Waals surface area contributed by atoms with E-state index in [1.54, 1.807) is 43.3 Å². The lowest BCUT2D eigenvalue weighted by Crippen LogP contribution is -2.40. The van der Waals surface area contributed by atoms with Gasteiger partial charge in [-0.15, -0.1) is 0 Å². The molecule has 0 bridgehead atoms. The lowest BCUT2D eigenvalue weighted by Gasteiger charge is -2.25. The van der Waals surface area contributed by atoms with Gasteiger partial charge in [0.25, 0.3) is 15.9 Å². The van der Waals surface area contributed by atoms with Gasteiger partial charge in [-0.3, -0.25) is 4.79 Å². The Morgan fingerprint density at radius 1 is 0.933 bits per heavy atom. The summed E-state index contributed by atoms with van der Waals surface area (Å²) in [5.74, 6) is -0.129. The van der Waals surface area contributed by atoms with Crippen molar-refractivity contribution in [2.45, 2.75) is 32.1 Å². The van der Waals surface area contributed by atoms with Crippen molar-refractivity contribution in [2.24, 2.45) is 0 Å². The first-order valence-corrected chi connectivity index (χ1v) is 11.2. The summed E-state index contributed by atoms with van der Waals surface area (Å²) in [7, 11) is -4.11. The number of carbonyl (C=O) groups is 1. The van der Waals surface area contributed by atoms with Crippen LogP contribution < -0.4 is 9.04 Å². The van der Waals surface area contributed by atoms with Crippen LogP contribution in [0, 0.1) is 13.8 Å². The Morgan fingerprint density at radius 3 is 2.33 bits per heavy atom. The minimum Gasteiger partial charge on any atom is -0.484 e. The van der Waals surface area contributed by atoms with E-state index in [1.807, 2.05) is 38.1 Å². The molecule has 0 fully saturated rings. The molecule has 5 nitrogen and oxygen atoms in total. The molecule has 0 radical (unpaired) electrons. The summed E-state index contributed by atoms with van der Waals surface area (Å²) < 4.78 is 33.3. The van der Waals surface area contributed by atoms with Crippen molar-refractivity contribution in [3.8, 4) is 5.75 Å². The van der Waals surface area contributed by atoms with Gasteiger partial charge in [0.15, 0.2) is 6.61 Å². The molecule has 0 aliphatic carbocycles. The number of hydrogen-bond acceptors (Lipinski definition) is 4. The fourth-order valence-corrected chi connectivity index (χ4v) is 4.60. The van der Waals surface area contributed by atoms with Crippen LogP contribution >= 0.6 is 0 Å². The Labute approximate surface area is 178 Å². The molecule has 3 aromatic rings. The van der Waals surface area contributed by atoms with Crippen molar-refractivity contribution in [3.05, 3.63) is 89.5 Å². The van der Waals surface area contributed by atoms with E-state index in [0.717, 1.165) is 27.4 Å². The molecular weight excluding hydrogens is 398 g/mol. The van der Waals surface area contributed by atoms with Crippen molar-refractivity contribution >= 4 is 21.6 Å². The molecule has 1 amide bonds. The molecule has 3 rings (SSSR count). The standard InChI is InChI=1S/C24H25NO4S/c1-4-20-11-9-12-21(16-20)29-17-24(26)25(23-15-8-10-18(2)19(23)3)30(27,28)22-13-6-5-7-14-22/h5-16H,4,17H2,1-3H3. The smallest absolute Gasteiger partial charge is 0.278 e. The zero-order valence-electron chi connectivity index (χ0n) is 17.3. The SMILES string of the molecule is CCc1cccc(OCC(=O)N(c2cccc(C)c2C)S(=O)(=O)c2ccccc2)c1. The topological polar surface area (TPSA) is 63.7 Å². The average Bonchev–Trinajstić information content (AvgIpc) is 2.76. The van der Waals surface area contributed by atoms with Crippen LogP contribution in [0.1, 0.15) is 23.6 Å². The van der Waals surface area contributed by atoms with Gasteiger partial charge >= 0.3 is 0 Å². The first-order chi connectivity index (χ1) is 14.3. The number of nitrogens with zero attached hydrogens (tertiary/aromatic N) is 1. The molecule has 0 unspecified atom stereocenters. The molecule has 3 aromatic carbocycles. The largest absolute Gasteiger partial charge is 0.484 e. The predicted octanol–water partition coefficient (Wildman–Crippen LogP) is 4.67. The quantitative estimate of drug-likeness (QED) is 0.554. The van der Waals surface area contributed by atoms with Crippen molar-refractivity contribution in [3.63, 3.8) is 0 Å². The van der Waals surface area contributed by atoms with Crippen LogP contribution in [0.5, 0.6) is 5.75 Å². The third-order valence-electron chi connectivity index (χ3n) is 4.97. The Hall–Kier alpha value is -3.12. The van der Waals surface area contributed by atoms with E-state index in [2.05, 4.69) is 0 Å². The molecule has 0 aromatic heterocycles. The van der Waals surface area contributed by atoms with Crippen LogP contribution in [0.15, 0.2) is 77.7 Å². The van der Waals surface area contributed by atoms with E-state index >= 15 is 0 Å². The molecule has 0 saturated carbocycles. The van der Waals surface area contributed by atoms with Gasteiger partial charge in [0.05, 0.1) is 10.6 Å². The molecule has 30 heavy (non-hydrogen) atoms. The van der Waals surface area contributed by atoms with Gasteiger partial charge in [-0.1, -0.05) is 49.4 Å². The summed E-state index contributed by atoms with van der Waals surface area (Å²) in [6.45, 7) is 5.31. The number of amides is 1. The fraction of sp³-hybridized carbons (Fsp3) is 0.208. The highest BCUT2D eigenvalue weighted by atomic mass is 32.2. The van der Waals surface area contributed by atoms with E-state index in [1.165, 1.54) is 12.1 Å². The zero-order chi connectivity index (χ0) is 21.7. The van der Waals surface area contributed by atoms with Gasteiger partial charge < -0.3 is 4.74 Å². The predicted molar refractivity (Wildman–Crippen MR) is 118 cm³/mol. The maximum absolute atomic E-state index is 13.4. The molecule has 0 atom stereocenters. The van der Waals surface area contributed by atoms with E-state index in [4.69, 9.17) is 4.74 Å². The van der Waals surface area contributed by atoms with E-state index in [0.29, 0.717) is 11.4 Å². The van der Waals surface area contributed by atoms with Crippen LogP contribution in [0.4, 0.5) is 5.69 Å². The number of benzene rings is 3. The number of ether oxygens (including phenoxy) is 1. The number of hydrogen-bond donors (Lipinski definition) is 0. The maximum atomic E-state index is 13.4. The minimum absolute atomic E-state index is 0.0484. The third kappa shape index (κ3) is 4.54. The maximum Gasteiger partial charge on any atom is 0.278 e. The molecule has 0 aliphatic heterocycles. The number of rotatable bonds is 7. The third-order valence-corrected chi connectivity index (χ3v) is 6.72. The van der Waals surface area contributed by atoms with Crippen molar-refractivity contribution in [2.75, 3.05) is 10.9 Å². The second-order valence-electron chi connectivity index (χ2n) is 6.98. The molecule has 0 N–H and O–H groups in total. The van der Waals surface area contributed by atoms with Gasteiger partial charge in [-0.2, -0.15) is 4.31 Å². The summed E-state index contributed by atoms with van der Waals surface area (Å²) in [4.78, 5) is 13.2. The van der Waals surface area contributed by atoms with Gasteiger partial charge in [0, 0.05) is 0 Å². The molecule has 0 spiro atoms. The van der Waals surface area contributed by atoms with Gasteiger partial charge in [0.2, 0.25) is 0 Å². The average molecular weight is 424 g/mol. The van der Waals surface area contributed by atoms with E-state index in [-0.39, 0.29) is 4.90 Å². The zero-order valence-corrected chi connectivity index (χ0v) is 18.1. The molecule has 0 heterocycles. The Kier molecular flexibility index (Phi) is 6.57. The molecule has 0 saturated heterocycles. The Balaban J connectivity index is 1.99. The summed E-state index contributed by atoms with van der Waals surface area (Å²) in [5, 5.41) is 0. The van der Waals surface area contributed by atoms with Crippen molar-refractivity contribution < 1.29 is 17.9 Å².